The molecule has 2 atom stereocenters. The molecule has 0 radical (unpaired) electrons. The van der Waals surface area contributed by atoms with Gasteiger partial charge in [0.2, 0.25) is 0 Å². The van der Waals surface area contributed by atoms with Gasteiger partial charge in [-0.15, -0.1) is 12.4 Å². The Morgan fingerprint density at radius 2 is 1.62 bits per heavy atom. The van der Waals surface area contributed by atoms with Crippen molar-refractivity contribution < 1.29 is 43.3 Å². The molecule has 0 aromatic heterocycles. The molecule has 34 heavy (non-hydrogen) atoms. The Balaban J connectivity index is 0.00000380. The van der Waals surface area contributed by atoms with Crippen molar-refractivity contribution in [2.24, 2.45) is 0 Å². The van der Waals surface area contributed by atoms with Crippen LogP contribution in [0, 0.1) is 6.85 Å². The van der Waals surface area contributed by atoms with Gasteiger partial charge in [0.15, 0.2) is 9.84 Å². The van der Waals surface area contributed by atoms with Crippen molar-refractivity contribution in [3.63, 3.8) is 0 Å². The van der Waals surface area contributed by atoms with Crippen LogP contribution >= 0.6 is 12.4 Å². The van der Waals surface area contributed by atoms with Gasteiger partial charge in [-0.1, -0.05) is 35.9 Å². The monoisotopic (exact) mass is 534 g/mol. The molecule has 12 heteroatoms. The lowest BCUT2D eigenvalue weighted by atomic mass is 9.77. The van der Waals surface area contributed by atoms with E-state index in [0.29, 0.717) is 12.1 Å². The van der Waals surface area contributed by atoms with Crippen LogP contribution in [0.2, 0.25) is 0 Å². The Morgan fingerprint density at radius 3 is 2.18 bits per heavy atom. The van der Waals surface area contributed by atoms with Crippen LogP contribution in [0.3, 0.4) is 0 Å². The van der Waals surface area contributed by atoms with Gasteiger partial charge in [0.05, 0.1) is 4.90 Å². The summed E-state index contributed by atoms with van der Waals surface area (Å²) in [6.45, 7) is -2.28. The molecule has 188 valence electrons. The van der Waals surface area contributed by atoms with E-state index in [1.54, 1.807) is 0 Å². The van der Waals surface area contributed by atoms with Crippen LogP contribution in [0.1, 0.15) is 39.2 Å². The highest BCUT2D eigenvalue weighted by Gasteiger charge is 2.73. The lowest BCUT2D eigenvalue weighted by Gasteiger charge is -2.41. The highest BCUT2D eigenvalue weighted by atomic mass is 35.5. The Morgan fingerprint density at radius 1 is 1.00 bits per heavy atom. The van der Waals surface area contributed by atoms with Gasteiger partial charge in [0.1, 0.15) is 4.75 Å². The van der Waals surface area contributed by atoms with E-state index in [4.69, 9.17) is 4.11 Å². The first kappa shape index (κ1) is 22.6. The van der Waals surface area contributed by atoms with Gasteiger partial charge in [-0.2, -0.15) is 26.3 Å². The van der Waals surface area contributed by atoms with Crippen LogP contribution in [0.5, 0.6) is 0 Å². The molecular weight excluding hydrogens is 511 g/mol. The normalized spacial score (nSPS) is 24.8. The minimum absolute atomic E-state index is 0. The fourth-order valence-corrected chi connectivity index (χ4v) is 7.31. The van der Waals surface area contributed by atoms with Crippen molar-refractivity contribution in [1.82, 2.24) is 5.32 Å². The van der Waals surface area contributed by atoms with Crippen LogP contribution < -0.4 is 5.32 Å². The number of hydrogen-bond donors (Lipinski definition) is 1. The Labute approximate surface area is 202 Å². The van der Waals surface area contributed by atoms with Gasteiger partial charge in [0.25, 0.3) is 0 Å². The number of benzene rings is 2. The first-order chi connectivity index (χ1) is 16.4. The van der Waals surface area contributed by atoms with Gasteiger partial charge in [-0.05, 0) is 55.9 Å². The molecule has 1 heterocycles. The third-order valence-electron chi connectivity index (χ3n) is 6.54. The van der Waals surface area contributed by atoms with Gasteiger partial charge in [-0.3, -0.25) is 0 Å². The number of nitrogens with one attached hydrogen (secondary N) is 1. The molecule has 2 aliphatic rings. The molecule has 4 rings (SSSR count). The Hall–Kier alpha value is -1.85. The summed E-state index contributed by atoms with van der Waals surface area (Å²) in [5, 5.41) is 3.04. The first-order valence-corrected chi connectivity index (χ1v) is 11.4. The highest BCUT2D eigenvalue weighted by molar-refractivity contribution is 7.92. The quantitative estimate of drug-likeness (QED) is 0.515. The second-order valence-electron chi connectivity index (χ2n) is 8.24. The van der Waals surface area contributed by atoms with Crippen molar-refractivity contribution in [3.8, 4) is 0 Å². The second-order valence-corrected chi connectivity index (χ2v) is 10.4. The molecular formula is C22H21ClF7NO2S. The third kappa shape index (κ3) is 3.62. The molecule has 1 saturated heterocycles. The van der Waals surface area contributed by atoms with Crippen molar-refractivity contribution in [1.29, 1.82) is 0 Å². The Bertz CT molecular complexity index is 1270. The maximum Gasteiger partial charge on any atom is 0.435 e. The SMILES string of the molecule is Cl.[2H]C([2H])([2H])c1ccc(S(=O)(=O)C23CCNC2CCc2cc(C(F)(C(F)(F)F)C(F)(F)F)ccc23)cc1. The summed E-state index contributed by atoms with van der Waals surface area (Å²) in [6.07, 6.45) is -12.6. The summed E-state index contributed by atoms with van der Waals surface area (Å²) in [4.78, 5) is -0.244. The maximum atomic E-state index is 14.7. The van der Waals surface area contributed by atoms with Gasteiger partial charge < -0.3 is 5.32 Å². The number of rotatable bonds is 3. The van der Waals surface area contributed by atoms with E-state index in [2.05, 4.69) is 5.32 Å². The van der Waals surface area contributed by atoms with E-state index < -0.39 is 51.1 Å². The fourth-order valence-electron chi connectivity index (χ4n) is 4.96. The number of alkyl halides is 7. The number of aryl methyl sites for hydroxylation is 2. The van der Waals surface area contributed by atoms with Gasteiger partial charge in [-0.25, -0.2) is 12.8 Å². The molecule has 2 aromatic rings. The van der Waals surface area contributed by atoms with E-state index in [-0.39, 0.29) is 59.8 Å². The minimum Gasteiger partial charge on any atom is -0.312 e. The van der Waals surface area contributed by atoms with Crippen LogP contribution in [-0.2, 0) is 26.7 Å². The smallest absolute Gasteiger partial charge is 0.312 e. The number of fused-ring (bicyclic) bond motifs is 3. The van der Waals surface area contributed by atoms with E-state index in [1.165, 1.54) is 0 Å². The molecule has 0 bridgehead atoms. The topological polar surface area (TPSA) is 46.2 Å². The van der Waals surface area contributed by atoms with Gasteiger partial charge >= 0.3 is 18.0 Å². The van der Waals surface area contributed by atoms with Crippen molar-refractivity contribution >= 4 is 22.2 Å². The van der Waals surface area contributed by atoms with E-state index in [1.807, 2.05) is 0 Å². The van der Waals surface area contributed by atoms with E-state index in [0.717, 1.165) is 30.3 Å². The number of halogens is 8. The molecule has 1 aliphatic heterocycles. The average Bonchev–Trinajstić information content (AvgIpc) is 3.22. The number of sulfone groups is 1. The van der Waals surface area contributed by atoms with Crippen molar-refractivity contribution in [2.75, 3.05) is 6.54 Å². The summed E-state index contributed by atoms with van der Waals surface area (Å²) >= 11 is 0. The highest BCUT2D eigenvalue weighted by Crippen LogP contribution is 2.55. The molecule has 2 unspecified atom stereocenters. The predicted octanol–water partition coefficient (Wildman–Crippen LogP) is 5.68. The first-order valence-electron chi connectivity index (χ1n) is 11.4. The van der Waals surface area contributed by atoms with Gasteiger partial charge in [0, 0.05) is 15.7 Å². The molecule has 0 amide bonds. The van der Waals surface area contributed by atoms with Crippen molar-refractivity contribution in [3.05, 3.63) is 64.7 Å². The fraction of sp³-hybridized carbons (Fsp3) is 0.455. The molecule has 3 nitrogen and oxygen atoms in total. The molecule has 1 fully saturated rings. The van der Waals surface area contributed by atoms with Crippen molar-refractivity contribution in [2.45, 2.75) is 59.8 Å². The Kier molecular flexibility index (Phi) is 5.57. The zero-order chi connectivity index (χ0) is 26.9. The second kappa shape index (κ2) is 8.37. The minimum atomic E-state index is -6.29. The van der Waals surface area contributed by atoms with Crippen LogP contribution in [0.15, 0.2) is 47.4 Å². The summed E-state index contributed by atoms with van der Waals surface area (Å²) in [5.74, 6) is 0. The molecule has 2 aromatic carbocycles. The predicted molar refractivity (Wildman–Crippen MR) is 113 cm³/mol. The zero-order valence-electron chi connectivity index (χ0n) is 20.2. The van der Waals surface area contributed by atoms with Crippen LogP contribution in [0.4, 0.5) is 30.7 Å². The third-order valence-corrected chi connectivity index (χ3v) is 9.10. The summed E-state index contributed by atoms with van der Waals surface area (Å²) < 4.78 is 143. The summed E-state index contributed by atoms with van der Waals surface area (Å²) in [6, 6.07) is 5.42. The number of hydrogen-bond acceptors (Lipinski definition) is 3. The van der Waals surface area contributed by atoms with Crippen LogP contribution in [0.25, 0.3) is 0 Å². The molecule has 1 N–H and O–H groups in total. The van der Waals surface area contributed by atoms with E-state index in [9.17, 15) is 39.2 Å². The lowest BCUT2D eigenvalue weighted by molar-refractivity contribution is -0.348. The molecule has 1 aliphatic carbocycles. The average molecular weight is 535 g/mol. The standard InChI is InChI=1S/C22H20F7NO2S.ClH/c1-13-2-6-16(7-3-13)33(31,32)19-10-11-30-18(19)9-4-14-12-15(5-8-17(14)19)20(23,21(24,25)26)22(27,28)29;/h2-3,5-8,12,18,30H,4,9-11H2,1H3;1H/i1D3;. The van der Waals surface area contributed by atoms with Crippen LogP contribution in [-0.4, -0.2) is 33.4 Å². The summed E-state index contributed by atoms with van der Waals surface area (Å²) in [7, 11) is -4.33. The summed E-state index contributed by atoms with van der Waals surface area (Å²) in [5.41, 5.74) is -7.52. The largest absolute Gasteiger partial charge is 0.435 e. The zero-order valence-corrected chi connectivity index (χ0v) is 18.9. The molecule has 0 saturated carbocycles. The lowest BCUT2D eigenvalue weighted by Crippen LogP contribution is -2.51. The van der Waals surface area contributed by atoms with E-state index >= 15 is 0 Å². The maximum absolute atomic E-state index is 14.7. The molecule has 0 spiro atoms.